The fourth-order valence-corrected chi connectivity index (χ4v) is 4.92. The van der Waals surface area contributed by atoms with Crippen LogP contribution >= 0.6 is 0 Å². The molecular formula is C21H29N3O3S. The molecule has 2 aromatic rings. The maximum Gasteiger partial charge on any atom is 0.241 e. The van der Waals surface area contributed by atoms with E-state index >= 15 is 0 Å². The Morgan fingerprint density at radius 2 is 1.46 bits per heavy atom. The summed E-state index contributed by atoms with van der Waals surface area (Å²) >= 11 is 0. The number of sulfonamides is 1. The van der Waals surface area contributed by atoms with Crippen molar-refractivity contribution in [1.29, 1.82) is 0 Å². The number of pyridine rings is 1. The van der Waals surface area contributed by atoms with Crippen LogP contribution in [0.25, 0.3) is 0 Å². The number of nitrogens with one attached hydrogen (secondary N) is 2. The van der Waals surface area contributed by atoms with Gasteiger partial charge in [0.1, 0.15) is 0 Å². The van der Waals surface area contributed by atoms with Gasteiger partial charge in [-0.25, -0.2) is 13.1 Å². The van der Waals surface area contributed by atoms with Crippen molar-refractivity contribution in [2.75, 3.05) is 6.54 Å². The van der Waals surface area contributed by atoms with Crippen molar-refractivity contribution in [2.24, 2.45) is 0 Å². The van der Waals surface area contributed by atoms with E-state index < -0.39 is 10.0 Å². The maximum absolute atomic E-state index is 12.9. The molecule has 1 unspecified atom stereocenters. The van der Waals surface area contributed by atoms with E-state index in [-0.39, 0.29) is 24.9 Å². The Kier molecular flexibility index (Phi) is 6.96. The first-order valence-corrected chi connectivity index (χ1v) is 10.8. The molecule has 0 saturated carbocycles. The van der Waals surface area contributed by atoms with Crippen LogP contribution in [0.15, 0.2) is 29.4 Å². The van der Waals surface area contributed by atoms with E-state index in [4.69, 9.17) is 0 Å². The molecule has 2 rings (SSSR count). The molecule has 0 aliphatic rings. The number of nitrogens with zero attached hydrogens (tertiary/aromatic N) is 1. The van der Waals surface area contributed by atoms with Crippen LogP contribution in [0, 0.1) is 34.6 Å². The Morgan fingerprint density at radius 1 is 0.964 bits per heavy atom. The number of amides is 1. The second-order valence-electron chi connectivity index (χ2n) is 7.17. The largest absolute Gasteiger partial charge is 0.350 e. The highest BCUT2D eigenvalue weighted by atomic mass is 32.2. The zero-order chi connectivity index (χ0) is 21.1. The monoisotopic (exact) mass is 403 g/mol. The molecule has 1 aromatic carbocycles. The average molecular weight is 404 g/mol. The van der Waals surface area contributed by atoms with Crippen molar-refractivity contribution in [2.45, 2.75) is 58.9 Å². The first-order chi connectivity index (χ1) is 13.1. The molecule has 0 radical (unpaired) electrons. The number of rotatable bonds is 7. The first kappa shape index (κ1) is 22.0. The summed E-state index contributed by atoms with van der Waals surface area (Å²) in [7, 11) is -3.70. The summed E-state index contributed by atoms with van der Waals surface area (Å²) in [6.45, 7) is 11.4. The number of hydrogen-bond acceptors (Lipinski definition) is 4. The van der Waals surface area contributed by atoms with Crippen LogP contribution < -0.4 is 10.0 Å². The van der Waals surface area contributed by atoms with E-state index in [1.165, 1.54) is 0 Å². The highest BCUT2D eigenvalue weighted by molar-refractivity contribution is 7.89. The third-order valence-corrected chi connectivity index (χ3v) is 7.16. The van der Waals surface area contributed by atoms with E-state index in [1.54, 1.807) is 12.4 Å². The Labute approximate surface area is 167 Å². The number of carbonyl (C=O) groups excluding carboxylic acids is 1. The van der Waals surface area contributed by atoms with E-state index in [9.17, 15) is 13.2 Å². The van der Waals surface area contributed by atoms with Crippen molar-refractivity contribution in [1.82, 2.24) is 15.0 Å². The second kappa shape index (κ2) is 8.84. The Morgan fingerprint density at radius 3 is 2.00 bits per heavy atom. The molecule has 7 heteroatoms. The molecule has 28 heavy (non-hydrogen) atoms. The van der Waals surface area contributed by atoms with Gasteiger partial charge in [0.15, 0.2) is 0 Å². The molecule has 0 spiro atoms. The molecule has 1 heterocycles. The number of aromatic nitrogens is 1. The van der Waals surface area contributed by atoms with E-state index in [0.717, 1.165) is 33.4 Å². The molecule has 0 saturated heterocycles. The van der Waals surface area contributed by atoms with Gasteiger partial charge in [0.2, 0.25) is 15.9 Å². The highest BCUT2D eigenvalue weighted by Gasteiger charge is 2.23. The number of hydrogen-bond donors (Lipinski definition) is 2. The summed E-state index contributed by atoms with van der Waals surface area (Å²) in [5.41, 5.74) is 5.52. The van der Waals surface area contributed by atoms with Crippen LogP contribution in [0.5, 0.6) is 0 Å². The van der Waals surface area contributed by atoms with Crippen molar-refractivity contribution < 1.29 is 13.2 Å². The standard InChI is InChI=1S/C21H29N3O3S/c1-13-14(2)16(4)21(17(5)15(13)3)28(26,27)23-12-9-20(25)24-18(6)19-7-10-22-11-8-19/h7-8,10-11,18,23H,9,12H2,1-6H3,(H,24,25). The van der Waals surface area contributed by atoms with Crippen LogP contribution in [0.2, 0.25) is 0 Å². The van der Waals surface area contributed by atoms with Gasteiger partial charge < -0.3 is 5.32 Å². The fraction of sp³-hybridized carbons (Fsp3) is 0.429. The van der Waals surface area contributed by atoms with Gasteiger partial charge in [-0.05, 0) is 87.1 Å². The van der Waals surface area contributed by atoms with Crippen LogP contribution in [-0.4, -0.2) is 25.9 Å². The Balaban J connectivity index is 2.04. The van der Waals surface area contributed by atoms with Crippen LogP contribution in [0.1, 0.15) is 52.8 Å². The molecule has 1 amide bonds. The maximum atomic E-state index is 12.9. The van der Waals surface area contributed by atoms with Crippen LogP contribution in [-0.2, 0) is 14.8 Å². The van der Waals surface area contributed by atoms with Gasteiger partial charge in [0.25, 0.3) is 0 Å². The number of benzene rings is 1. The third kappa shape index (κ3) is 4.77. The van der Waals surface area contributed by atoms with Gasteiger partial charge in [-0.15, -0.1) is 0 Å². The SMILES string of the molecule is Cc1c(C)c(C)c(S(=O)(=O)NCCC(=O)NC(C)c2ccncc2)c(C)c1C. The zero-order valence-corrected chi connectivity index (χ0v) is 18.2. The molecule has 0 aliphatic heterocycles. The summed E-state index contributed by atoms with van der Waals surface area (Å²) in [5, 5.41) is 2.87. The predicted molar refractivity (Wildman–Crippen MR) is 111 cm³/mol. The smallest absolute Gasteiger partial charge is 0.241 e. The van der Waals surface area contributed by atoms with Gasteiger partial charge in [-0.2, -0.15) is 0 Å². The summed E-state index contributed by atoms with van der Waals surface area (Å²) in [5.74, 6) is -0.211. The van der Waals surface area contributed by atoms with Crippen LogP contribution in [0.4, 0.5) is 0 Å². The van der Waals surface area contributed by atoms with E-state index in [0.29, 0.717) is 4.90 Å². The third-order valence-electron chi connectivity index (χ3n) is 5.43. The fourth-order valence-electron chi connectivity index (χ4n) is 3.29. The molecular weight excluding hydrogens is 374 g/mol. The molecule has 6 nitrogen and oxygen atoms in total. The molecule has 0 fully saturated rings. The lowest BCUT2D eigenvalue weighted by Crippen LogP contribution is -2.32. The number of carbonyl (C=O) groups is 1. The quantitative estimate of drug-likeness (QED) is 0.743. The zero-order valence-electron chi connectivity index (χ0n) is 17.4. The summed E-state index contributed by atoms with van der Waals surface area (Å²) in [6, 6.07) is 3.50. The van der Waals surface area contributed by atoms with Gasteiger partial charge in [-0.1, -0.05) is 0 Å². The minimum Gasteiger partial charge on any atom is -0.350 e. The van der Waals surface area contributed by atoms with Crippen molar-refractivity contribution in [3.63, 3.8) is 0 Å². The topological polar surface area (TPSA) is 88.2 Å². The average Bonchev–Trinajstić information content (AvgIpc) is 2.65. The normalized spacial score (nSPS) is 12.6. The molecule has 1 atom stereocenters. The first-order valence-electron chi connectivity index (χ1n) is 9.32. The van der Waals surface area contributed by atoms with E-state index in [2.05, 4.69) is 15.0 Å². The molecule has 1 aromatic heterocycles. The predicted octanol–water partition coefficient (Wildman–Crippen LogP) is 3.17. The molecule has 2 N–H and O–H groups in total. The Bertz CT molecular complexity index is 941. The molecule has 152 valence electrons. The minimum atomic E-state index is -3.70. The Hall–Kier alpha value is -2.25. The summed E-state index contributed by atoms with van der Waals surface area (Å²) in [4.78, 5) is 16.4. The molecule has 0 aliphatic carbocycles. The lowest BCUT2D eigenvalue weighted by Gasteiger charge is -2.19. The summed E-state index contributed by atoms with van der Waals surface area (Å²) < 4.78 is 28.3. The summed E-state index contributed by atoms with van der Waals surface area (Å²) in [6.07, 6.45) is 3.40. The van der Waals surface area contributed by atoms with Gasteiger partial charge in [-0.3, -0.25) is 9.78 Å². The lowest BCUT2D eigenvalue weighted by atomic mass is 9.95. The minimum absolute atomic E-state index is 0.0437. The van der Waals surface area contributed by atoms with Crippen molar-refractivity contribution >= 4 is 15.9 Å². The van der Waals surface area contributed by atoms with E-state index in [1.807, 2.05) is 53.7 Å². The lowest BCUT2D eigenvalue weighted by molar-refractivity contribution is -0.121. The van der Waals surface area contributed by atoms with Crippen molar-refractivity contribution in [3.8, 4) is 0 Å². The van der Waals surface area contributed by atoms with Crippen LogP contribution in [0.3, 0.4) is 0 Å². The van der Waals surface area contributed by atoms with Gasteiger partial charge >= 0.3 is 0 Å². The van der Waals surface area contributed by atoms with Gasteiger partial charge in [0.05, 0.1) is 10.9 Å². The molecule has 0 bridgehead atoms. The highest BCUT2D eigenvalue weighted by Crippen LogP contribution is 2.29. The van der Waals surface area contributed by atoms with Crippen molar-refractivity contribution in [3.05, 3.63) is 57.9 Å². The van der Waals surface area contributed by atoms with Gasteiger partial charge in [0, 0.05) is 25.4 Å². The second-order valence-corrected chi connectivity index (χ2v) is 8.88.